The number of methoxy groups -OCH3 is 2. The first kappa shape index (κ1) is 23.7. The third-order valence-electron chi connectivity index (χ3n) is 5.67. The van der Waals surface area contributed by atoms with Gasteiger partial charge in [-0.3, -0.25) is 14.5 Å². The highest BCUT2D eigenvalue weighted by atomic mass is 16.6. The smallest absolute Gasteiger partial charge is 0.410 e. The first-order valence-electron chi connectivity index (χ1n) is 10.9. The lowest BCUT2D eigenvalue weighted by atomic mass is 10.1. The summed E-state index contributed by atoms with van der Waals surface area (Å²) in [5.41, 5.74) is -0.0991. The summed E-state index contributed by atoms with van der Waals surface area (Å²) in [5, 5.41) is 0. The summed E-state index contributed by atoms with van der Waals surface area (Å²) in [5.74, 6) is 0.863. The van der Waals surface area contributed by atoms with Crippen molar-refractivity contribution in [2.24, 2.45) is 0 Å². The molecule has 0 radical (unpaired) electrons. The molecule has 1 aromatic carbocycles. The van der Waals surface area contributed by atoms with Crippen LogP contribution in [-0.2, 0) is 9.53 Å². The van der Waals surface area contributed by atoms with Crippen LogP contribution in [0.5, 0.6) is 11.5 Å². The van der Waals surface area contributed by atoms with Crippen LogP contribution in [0.25, 0.3) is 0 Å². The fourth-order valence-corrected chi connectivity index (χ4v) is 4.06. The van der Waals surface area contributed by atoms with E-state index in [1.54, 1.807) is 35.1 Å². The fraction of sp³-hybridized carbons (Fsp3) is 0.609. The first-order chi connectivity index (χ1) is 15.1. The highest BCUT2D eigenvalue weighted by molar-refractivity contribution is 5.95. The monoisotopic (exact) mass is 447 g/mol. The van der Waals surface area contributed by atoms with E-state index >= 15 is 0 Å². The quantitative estimate of drug-likeness (QED) is 0.704. The van der Waals surface area contributed by atoms with Crippen LogP contribution in [0.1, 0.15) is 44.0 Å². The molecule has 0 spiro atoms. The number of nitrogens with zero attached hydrogens (tertiary/aromatic N) is 3. The average Bonchev–Trinajstić information content (AvgIpc) is 3.27. The molecule has 2 aliphatic rings. The standard InChI is InChI=1S/C23H33N3O6/c1-23(2,3)32-22(29)26-10-6-7-17(26)21(28)25-13-11-24(12-14-25)20(27)16-8-9-18(30-4)19(15-16)31-5/h8-9,15,17H,6-7,10-14H2,1-5H3. The number of carbonyl (C=O) groups excluding carboxylic acids is 3. The topological polar surface area (TPSA) is 88.6 Å². The maximum atomic E-state index is 13.1. The summed E-state index contributed by atoms with van der Waals surface area (Å²) in [7, 11) is 3.07. The van der Waals surface area contributed by atoms with Crippen molar-refractivity contribution in [3.8, 4) is 11.5 Å². The summed E-state index contributed by atoms with van der Waals surface area (Å²) < 4.78 is 16.0. The minimum Gasteiger partial charge on any atom is -0.493 e. The molecule has 32 heavy (non-hydrogen) atoms. The lowest BCUT2D eigenvalue weighted by Gasteiger charge is -2.37. The van der Waals surface area contributed by atoms with E-state index in [1.165, 1.54) is 12.0 Å². The Bertz CT molecular complexity index is 858. The van der Waals surface area contributed by atoms with Crippen molar-refractivity contribution in [2.45, 2.75) is 45.3 Å². The minimum atomic E-state index is -0.608. The number of hydrogen-bond acceptors (Lipinski definition) is 6. The molecule has 0 saturated carbocycles. The van der Waals surface area contributed by atoms with Gasteiger partial charge in [0.1, 0.15) is 11.6 Å². The molecular weight excluding hydrogens is 414 g/mol. The molecule has 9 heteroatoms. The van der Waals surface area contributed by atoms with Gasteiger partial charge >= 0.3 is 6.09 Å². The number of rotatable bonds is 4. The van der Waals surface area contributed by atoms with E-state index in [0.29, 0.717) is 56.2 Å². The molecule has 1 aromatic rings. The number of piperazine rings is 1. The van der Waals surface area contributed by atoms with Crippen LogP contribution < -0.4 is 9.47 Å². The van der Waals surface area contributed by atoms with Gasteiger partial charge in [0, 0.05) is 38.3 Å². The van der Waals surface area contributed by atoms with Crippen molar-refractivity contribution >= 4 is 17.9 Å². The van der Waals surface area contributed by atoms with Gasteiger partial charge in [-0.15, -0.1) is 0 Å². The lowest BCUT2D eigenvalue weighted by Crippen LogP contribution is -2.55. The largest absolute Gasteiger partial charge is 0.493 e. The highest BCUT2D eigenvalue weighted by Crippen LogP contribution is 2.28. The van der Waals surface area contributed by atoms with E-state index in [0.717, 1.165) is 6.42 Å². The molecule has 2 fully saturated rings. The van der Waals surface area contributed by atoms with Crippen LogP contribution in [0.15, 0.2) is 18.2 Å². The van der Waals surface area contributed by atoms with Crippen molar-refractivity contribution in [3.05, 3.63) is 23.8 Å². The Morgan fingerprint density at radius 3 is 2.12 bits per heavy atom. The Kier molecular flexibility index (Phi) is 7.16. The van der Waals surface area contributed by atoms with Crippen molar-refractivity contribution in [1.29, 1.82) is 0 Å². The zero-order valence-corrected chi connectivity index (χ0v) is 19.6. The van der Waals surface area contributed by atoms with E-state index < -0.39 is 17.7 Å². The molecule has 3 rings (SSSR count). The molecule has 0 aliphatic carbocycles. The molecule has 0 bridgehead atoms. The summed E-state index contributed by atoms with van der Waals surface area (Å²) in [6, 6.07) is 4.57. The van der Waals surface area contributed by atoms with Gasteiger partial charge in [-0.1, -0.05) is 0 Å². The third kappa shape index (κ3) is 5.26. The average molecular weight is 448 g/mol. The molecule has 9 nitrogen and oxygen atoms in total. The number of benzene rings is 1. The molecule has 1 unspecified atom stereocenters. The Morgan fingerprint density at radius 1 is 0.906 bits per heavy atom. The molecule has 2 saturated heterocycles. The molecule has 1 atom stereocenters. The second kappa shape index (κ2) is 9.67. The summed E-state index contributed by atoms with van der Waals surface area (Å²) in [6.45, 7) is 7.66. The van der Waals surface area contributed by atoms with Gasteiger partial charge in [0.15, 0.2) is 11.5 Å². The van der Waals surface area contributed by atoms with Crippen LogP contribution in [0.2, 0.25) is 0 Å². The molecule has 176 valence electrons. The van der Waals surface area contributed by atoms with Crippen LogP contribution in [0, 0.1) is 0 Å². The minimum absolute atomic E-state index is 0.0772. The molecule has 0 N–H and O–H groups in total. The predicted octanol–water partition coefficient (Wildman–Crippen LogP) is 2.39. The molecule has 3 amide bonds. The Hall–Kier alpha value is -2.97. The van der Waals surface area contributed by atoms with Gasteiger partial charge in [-0.2, -0.15) is 0 Å². The zero-order chi connectivity index (χ0) is 23.5. The summed E-state index contributed by atoms with van der Waals surface area (Å²) >= 11 is 0. The Labute approximate surface area is 189 Å². The van der Waals surface area contributed by atoms with Gasteiger partial charge in [-0.05, 0) is 51.8 Å². The first-order valence-corrected chi connectivity index (χ1v) is 10.9. The van der Waals surface area contributed by atoms with Gasteiger partial charge in [0.2, 0.25) is 5.91 Å². The van der Waals surface area contributed by atoms with Crippen molar-refractivity contribution in [3.63, 3.8) is 0 Å². The van der Waals surface area contributed by atoms with Crippen LogP contribution >= 0.6 is 0 Å². The van der Waals surface area contributed by atoms with E-state index in [4.69, 9.17) is 14.2 Å². The second-order valence-corrected chi connectivity index (χ2v) is 9.02. The number of amides is 3. The fourth-order valence-electron chi connectivity index (χ4n) is 4.06. The van der Waals surface area contributed by atoms with E-state index in [9.17, 15) is 14.4 Å². The van der Waals surface area contributed by atoms with Crippen LogP contribution in [-0.4, -0.2) is 91.2 Å². The number of ether oxygens (including phenoxy) is 3. The van der Waals surface area contributed by atoms with Crippen molar-refractivity contribution in [2.75, 3.05) is 46.9 Å². The van der Waals surface area contributed by atoms with Gasteiger partial charge in [0.05, 0.1) is 14.2 Å². The van der Waals surface area contributed by atoms with E-state index in [-0.39, 0.29) is 11.8 Å². The van der Waals surface area contributed by atoms with Gasteiger partial charge in [-0.25, -0.2) is 4.79 Å². The zero-order valence-electron chi connectivity index (χ0n) is 19.6. The number of carbonyl (C=O) groups is 3. The van der Waals surface area contributed by atoms with Crippen LogP contribution in [0.4, 0.5) is 4.79 Å². The number of likely N-dealkylation sites (tertiary alicyclic amines) is 1. The highest BCUT2D eigenvalue weighted by Gasteiger charge is 2.39. The van der Waals surface area contributed by atoms with E-state index in [1.807, 2.05) is 20.8 Å². The normalized spacial score (nSPS) is 19.0. The maximum Gasteiger partial charge on any atom is 0.410 e. The lowest BCUT2D eigenvalue weighted by molar-refractivity contribution is -0.137. The van der Waals surface area contributed by atoms with Crippen LogP contribution in [0.3, 0.4) is 0 Å². The summed E-state index contributed by atoms with van der Waals surface area (Å²) in [6.07, 6.45) is 0.951. The molecule has 2 heterocycles. The molecular formula is C23H33N3O6. The van der Waals surface area contributed by atoms with Gasteiger partial charge in [0.25, 0.3) is 5.91 Å². The van der Waals surface area contributed by atoms with Crippen molar-refractivity contribution < 1.29 is 28.6 Å². The van der Waals surface area contributed by atoms with Gasteiger partial charge < -0.3 is 24.0 Å². The summed E-state index contributed by atoms with van der Waals surface area (Å²) in [4.78, 5) is 43.6. The Morgan fingerprint density at radius 2 is 1.53 bits per heavy atom. The molecule has 2 aliphatic heterocycles. The third-order valence-corrected chi connectivity index (χ3v) is 5.67. The molecule has 0 aromatic heterocycles. The second-order valence-electron chi connectivity index (χ2n) is 9.02. The SMILES string of the molecule is COc1ccc(C(=O)N2CCN(C(=O)C3CCCN3C(=O)OC(C)(C)C)CC2)cc1OC. The van der Waals surface area contributed by atoms with Crippen molar-refractivity contribution in [1.82, 2.24) is 14.7 Å². The predicted molar refractivity (Wildman–Crippen MR) is 118 cm³/mol. The number of hydrogen-bond donors (Lipinski definition) is 0. The Balaban J connectivity index is 1.60. The maximum absolute atomic E-state index is 13.1. The van der Waals surface area contributed by atoms with E-state index in [2.05, 4.69) is 0 Å².